The number of carbonyl (C=O) groups is 1. The van der Waals surface area contributed by atoms with E-state index in [1.807, 2.05) is 18.9 Å². The van der Waals surface area contributed by atoms with Crippen LogP contribution < -0.4 is 0 Å². The molecule has 0 N–H and O–H groups in total. The van der Waals surface area contributed by atoms with E-state index >= 15 is 0 Å². The van der Waals surface area contributed by atoms with Gasteiger partial charge in [-0.1, -0.05) is 18.9 Å². The van der Waals surface area contributed by atoms with Crippen molar-refractivity contribution in [3.63, 3.8) is 0 Å². The standard InChI is InChI=1S/C11H19NO/c1-3-6-11(13)12(2)9-10-7-4-5-8-10/h3,6,10H,4-5,7-9H2,1-2H3. The van der Waals surface area contributed by atoms with E-state index in [0.29, 0.717) is 0 Å². The van der Waals surface area contributed by atoms with Gasteiger partial charge in [-0.05, 0) is 31.8 Å². The van der Waals surface area contributed by atoms with E-state index in [0.717, 1.165) is 12.5 Å². The lowest BCUT2D eigenvalue weighted by atomic mass is 10.1. The molecule has 1 aliphatic rings. The molecule has 0 aromatic carbocycles. The van der Waals surface area contributed by atoms with Crippen LogP contribution in [0.2, 0.25) is 0 Å². The minimum absolute atomic E-state index is 0.134. The van der Waals surface area contributed by atoms with Crippen LogP contribution in [0.4, 0.5) is 0 Å². The third-order valence-corrected chi connectivity index (χ3v) is 2.69. The highest BCUT2D eigenvalue weighted by Gasteiger charge is 2.17. The van der Waals surface area contributed by atoms with E-state index in [2.05, 4.69) is 0 Å². The first-order chi connectivity index (χ1) is 6.24. The Morgan fingerprint density at radius 2 is 2.08 bits per heavy atom. The summed E-state index contributed by atoms with van der Waals surface area (Å²) in [7, 11) is 1.89. The number of likely N-dealkylation sites (N-methyl/N-ethyl adjacent to an activating group) is 1. The summed E-state index contributed by atoms with van der Waals surface area (Å²) in [5, 5.41) is 0. The first-order valence-electron chi connectivity index (χ1n) is 5.12. The van der Waals surface area contributed by atoms with Crippen molar-refractivity contribution in [3.05, 3.63) is 12.2 Å². The van der Waals surface area contributed by atoms with Crippen LogP contribution >= 0.6 is 0 Å². The maximum absolute atomic E-state index is 11.4. The molecule has 0 aliphatic heterocycles. The van der Waals surface area contributed by atoms with Gasteiger partial charge < -0.3 is 4.90 Å². The monoisotopic (exact) mass is 181 g/mol. The maximum atomic E-state index is 11.4. The van der Waals surface area contributed by atoms with E-state index < -0.39 is 0 Å². The molecule has 0 heterocycles. The summed E-state index contributed by atoms with van der Waals surface area (Å²) in [5.74, 6) is 0.883. The molecule has 1 fully saturated rings. The van der Waals surface area contributed by atoms with E-state index in [4.69, 9.17) is 0 Å². The van der Waals surface area contributed by atoms with Crippen LogP contribution in [0, 0.1) is 5.92 Å². The van der Waals surface area contributed by atoms with Gasteiger partial charge in [0.15, 0.2) is 0 Å². The van der Waals surface area contributed by atoms with Crippen molar-refractivity contribution in [1.82, 2.24) is 4.90 Å². The minimum atomic E-state index is 0.134. The molecule has 1 saturated carbocycles. The Morgan fingerprint density at radius 1 is 1.46 bits per heavy atom. The highest BCUT2D eigenvalue weighted by atomic mass is 16.2. The van der Waals surface area contributed by atoms with E-state index in [1.54, 1.807) is 12.2 Å². The minimum Gasteiger partial charge on any atom is -0.342 e. The van der Waals surface area contributed by atoms with Crippen molar-refractivity contribution in [2.75, 3.05) is 13.6 Å². The average molecular weight is 181 g/mol. The summed E-state index contributed by atoms with van der Waals surface area (Å²) in [6, 6.07) is 0. The van der Waals surface area contributed by atoms with Gasteiger partial charge in [0.25, 0.3) is 0 Å². The number of carbonyl (C=O) groups excluding carboxylic acids is 1. The average Bonchev–Trinajstić information content (AvgIpc) is 2.57. The van der Waals surface area contributed by atoms with Gasteiger partial charge in [0, 0.05) is 13.6 Å². The number of hydrogen-bond acceptors (Lipinski definition) is 1. The number of allylic oxidation sites excluding steroid dienone is 1. The summed E-state index contributed by atoms with van der Waals surface area (Å²) in [6.45, 7) is 2.81. The third kappa shape index (κ3) is 3.21. The Labute approximate surface area is 80.6 Å². The van der Waals surface area contributed by atoms with Crippen LogP contribution in [0.3, 0.4) is 0 Å². The number of amides is 1. The van der Waals surface area contributed by atoms with Gasteiger partial charge in [0.2, 0.25) is 5.91 Å². The Kier molecular flexibility index (Phi) is 4.00. The quantitative estimate of drug-likeness (QED) is 0.611. The van der Waals surface area contributed by atoms with Gasteiger partial charge in [-0.25, -0.2) is 0 Å². The van der Waals surface area contributed by atoms with Crippen LogP contribution in [-0.4, -0.2) is 24.4 Å². The second-order valence-electron chi connectivity index (χ2n) is 3.87. The Morgan fingerprint density at radius 3 is 2.62 bits per heavy atom. The molecule has 1 rings (SSSR count). The molecule has 0 saturated heterocycles. The van der Waals surface area contributed by atoms with Crippen molar-refractivity contribution in [2.45, 2.75) is 32.6 Å². The molecular weight excluding hydrogens is 162 g/mol. The molecule has 0 aromatic rings. The van der Waals surface area contributed by atoms with Crippen molar-refractivity contribution in [1.29, 1.82) is 0 Å². The molecule has 0 aromatic heterocycles. The summed E-state index contributed by atoms with van der Waals surface area (Å²) >= 11 is 0. The lowest BCUT2D eigenvalue weighted by Gasteiger charge is -2.19. The number of rotatable bonds is 3. The van der Waals surface area contributed by atoms with Gasteiger partial charge in [-0.3, -0.25) is 4.79 Å². The number of hydrogen-bond donors (Lipinski definition) is 0. The Balaban J connectivity index is 2.30. The van der Waals surface area contributed by atoms with Crippen molar-refractivity contribution in [3.8, 4) is 0 Å². The topological polar surface area (TPSA) is 20.3 Å². The van der Waals surface area contributed by atoms with Crippen LogP contribution in [0.1, 0.15) is 32.6 Å². The summed E-state index contributed by atoms with van der Waals surface area (Å²) in [4.78, 5) is 13.2. The van der Waals surface area contributed by atoms with Crippen LogP contribution in [0.25, 0.3) is 0 Å². The zero-order chi connectivity index (χ0) is 9.68. The molecule has 0 radical (unpaired) electrons. The molecule has 0 unspecified atom stereocenters. The second kappa shape index (κ2) is 5.05. The fourth-order valence-corrected chi connectivity index (χ4v) is 1.94. The molecule has 74 valence electrons. The van der Waals surface area contributed by atoms with Crippen molar-refractivity contribution in [2.24, 2.45) is 5.92 Å². The predicted octanol–water partition coefficient (Wildman–Crippen LogP) is 2.21. The number of nitrogens with zero attached hydrogens (tertiary/aromatic N) is 1. The molecule has 2 nitrogen and oxygen atoms in total. The molecule has 0 bridgehead atoms. The van der Waals surface area contributed by atoms with Crippen molar-refractivity contribution >= 4 is 5.91 Å². The smallest absolute Gasteiger partial charge is 0.245 e. The van der Waals surface area contributed by atoms with Gasteiger partial charge >= 0.3 is 0 Å². The Hall–Kier alpha value is -0.790. The molecule has 1 amide bonds. The first kappa shape index (κ1) is 10.3. The highest BCUT2D eigenvalue weighted by molar-refractivity contribution is 5.87. The molecule has 0 spiro atoms. The molecule has 0 atom stereocenters. The summed E-state index contributed by atoms with van der Waals surface area (Å²) in [5.41, 5.74) is 0. The molecular formula is C11H19NO. The van der Waals surface area contributed by atoms with Crippen molar-refractivity contribution < 1.29 is 4.79 Å². The summed E-state index contributed by atoms with van der Waals surface area (Å²) < 4.78 is 0. The summed E-state index contributed by atoms with van der Waals surface area (Å²) in [6.07, 6.45) is 8.72. The molecule has 1 aliphatic carbocycles. The predicted molar refractivity (Wildman–Crippen MR) is 54.4 cm³/mol. The van der Waals surface area contributed by atoms with E-state index in [-0.39, 0.29) is 5.91 Å². The highest BCUT2D eigenvalue weighted by Crippen LogP contribution is 2.25. The van der Waals surface area contributed by atoms with E-state index in [1.165, 1.54) is 25.7 Å². The van der Waals surface area contributed by atoms with Crippen LogP contribution in [0.5, 0.6) is 0 Å². The maximum Gasteiger partial charge on any atom is 0.245 e. The van der Waals surface area contributed by atoms with Gasteiger partial charge in [0.05, 0.1) is 0 Å². The van der Waals surface area contributed by atoms with Gasteiger partial charge in [-0.15, -0.1) is 0 Å². The normalized spacial score (nSPS) is 18.3. The second-order valence-corrected chi connectivity index (χ2v) is 3.87. The van der Waals surface area contributed by atoms with E-state index in [9.17, 15) is 4.79 Å². The van der Waals surface area contributed by atoms with Gasteiger partial charge in [-0.2, -0.15) is 0 Å². The third-order valence-electron chi connectivity index (χ3n) is 2.69. The zero-order valence-electron chi connectivity index (χ0n) is 8.62. The SMILES string of the molecule is CC=CC(=O)N(C)CC1CCCC1. The van der Waals surface area contributed by atoms with Crippen LogP contribution in [-0.2, 0) is 4.79 Å². The lowest BCUT2D eigenvalue weighted by Crippen LogP contribution is -2.29. The first-order valence-corrected chi connectivity index (χ1v) is 5.12. The van der Waals surface area contributed by atoms with Gasteiger partial charge in [0.1, 0.15) is 0 Å². The Bertz CT molecular complexity index is 192. The lowest BCUT2D eigenvalue weighted by molar-refractivity contribution is -0.125. The largest absolute Gasteiger partial charge is 0.342 e. The molecule has 13 heavy (non-hydrogen) atoms. The van der Waals surface area contributed by atoms with Crippen LogP contribution in [0.15, 0.2) is 12.2 Å². The fourth-order valence-electron chi connectivity index (χ4n) is 1.94. The fraction of sp³-hybridized carbons (Fsp3) is 0.727. The zero-order valence-corrected chi connectivity index (χ0v) is 8.62. The molecule has 2 heteroatoms.